The summed E-state index contributed by atoms with van der Waals surface area (Å²) >= 11 is 0. The standard InChI is InChI=1S/C23H28F5N5O4S.ClH/c1-31-13-18(30-15-31)38(35,36)33-11-9-32(10-12-33)22(5-7-23(27,28)8-6-22)14-29-20(34)19-16(24)3-2-4-17(19)37-21(25)26;/h2-4,13,15,21H,5-12,14H2,1H3,(H,29,34);1H. The number of rotatable bonds is 8. The molecule has 9 nitrogen and oxygen atoms in total. The van der Waals surface area contributed by atoms with Gasteiger partial charge in [0.05, 0.1) is 6.33 Å². The highest BCUT2D eigenvalue weighted by molar-refractivity contribution is 7.89. The molecule has 2 aliphatic rings. The van der Waals surface area contributed by atoms with E-state index in [4.69, 9.17) is 0 Å². The number of sulfonamides is 1. The molecule has 2 heterocycles. The molecule has 0 radical (unpaired) electrons. The van der Waals surface area contributed by atoms with Crippen molar-refractivity contribution >= 4 is 28.3 Å². The number of benzene rings is 1. The van der Waals surface area contributed by atoms with Crippen molar-refractivity contribution in [2.75, 3.05) is 32.7 Å². The first-order valence-electron chi connectivity index (χ1n) is 12.0. The number of carbonyl (C=O) groups excluding carboxylic acids is 1. The second-order valence-corrected chi connectivity index (χ2v) is 11.4. The van der Waals surface area contributed by atoms with E-state index >= 15 is 0 Å². The van der Waals surface area contributed by atoms with Gasteiger partial charge in [0.2, 0.25) is 5.92 Å². The Bertz CT molecular complexity index is 1260. The Morgan fingerprint density at radius 3 is 2.33 bits per heavy atom. The predicted octanol–water partition coefficient (Wildman–Crippen LogP) is 3.27. The molecule has 0 bridgehead atoms. The Balaban J connectivity index is 0.00000420. The molecular weight excluding hydrogens is 573 g/mol. The van der Waals surface area contributed by atoms with Crippen molar-refractivity contribution in [3.8, 4) is 5.75 Å². The third-order valence-corrected chi connectivity index (χ3v) is 8.89. The lowest BCUT2D eigenvalue weighted by Crippen LogP contribution is -2.63. The van der Waals surface area contributed by atoms with Gasteiger partial charge in [0.15, 0.2) is 5.03 Å². The Hall–Kier alpha value is -2.49. The zero-order chi connectivity index (χ0) is 27.7. The highest BCUT2D eigenvalue weighted by Crippen LogP contribution is 2.42. The third-order valence-electron chi connectivity index (χ3n) is 7.10. The van der Waals surface area contributed by atoms with E-state index in [0.29, 0.717) is 0 Å². The van der Waals surface area contributed by atoms with Crippen molar-refractivity contribution in [2.45, 2.75) is 48.8 Å². The molecule has 1 aliphatic carbocycles. The van der Waals surface area contributed by atoms with Crippen LogP contribution >= 0.6 is 12.4 Å². The van der Waals surface area contributed by atoms with E-state index in [-0.39, 0.29) is 63.0 Å². The lowest BCUT2D eigenvalue weighted by molar-refractivity contribution is -0.0856. The highest BCUT2D eigenvalue weighted by Gasteiger charge is 2.48. The molecule has 39 heavy (non-hydrogen) atoms. The minimum atomic E-state index is -3.85. The van der Waals surface area contributed by atoms with Crippen LogP contribution in [-0.4, -0.2) is 83.9 Å². The maximum Gasteiger partial charge on any atom is 0.387 e. The van der Waals surface area contributed by atoms with Crippen LogP contribution in [0.3, 0.4) is 0 Å². The maximum absolute atomic E-state index is 14.4. The number of hydrogen-bond acceptors (Lipinski definition) is 6. The molecular formula is C23H29ClF5N5O4S. The van der Waals surface area contributed by atoms with E-state index in [1.807, 2.05) is 4.90 Å². The van der Waals surface area contributed by atoms with Gasteiger partial charge in [-0.2, -0.15) is 13.1 Å². The molecule has 218 valence electrons. The number of imidazole rings is 1. The lowest BCUT2D eigenvalue weighted by Gasteiger charge is -2.50. The lowest BCUT2D eigenvalue weighted by atomic mass is 9.78. The van der Waals surface area contributed by atoms with Crippen LogP contribution in [0.5, 0.6) is 5.75 Å². The first kappa shape index (κ1) is 31.0. The van der Waals surface area contributed by atoms with Crippen LogP contribution in [0.25, 0.3) is 0 Å². The molecule has 1 N–H and O–H groups in total. The molecule has 1 aliphatic heterocycles. The SMILES string of the molecule is Cl.Cn1cnc(S(=O)(=O)N2CCN(C3(CNC(=O)c4c(F)cccc4OC(F)F)CCC(F)(F)CC3)CC2)c1. The van der Waals surface area contributed by atoms with E-state index in [9.17, 15) is 35.2 Å². The van der Waals surface area contributed by atoms with E-state index in [1.165, 1.54) is 21.4 Å². The van der Waals surface area contributed by atoms with E-state index in [1.54, 1.807) is 7.05 Å². The summed E-state index contributed by atoms with van der Waals surface area (Å²) in [5.41, 5.74) is -1.68. The first-order chi connectivity index (χ1) is 17.8. The van der Waals surface area contributed by atoms with Crippen LogP contribution < -0.4 is 10.1 Å². The molecule has 1 aromatic heterocycles. The number of halogens is 6. The number of nitrogens with zero attached hydrogens (tertiary/aromatic N) is 4. The van der Waals surface area contributed by atoms with Crippen molar-refractivity contribution in [3.05, 3.63) is 42.1 Å². The molecule has 1 saturated heterocycles. The van der Waals surface area contributed by atoms with Crippen molar-refractivity contribution in [2.24, 2.45) is 7.05 Å². The molecule has 1 amide bonds. The second kappa shape index (κ2) is 11.9. The zero-order valence-electron chi connectivity index (χ0n) is 21.0. The average Bonchev–Trinajstić information content (AvgIpc) is 3.30. The minimum Gasteiger partial charge on any atom is -0.434 e. The fraction of sp³-hybridized carbons (Fsp3) is 0.565. The summed E-state index contributed by atoms with van der Waals surface area (Å²) in [6.45, 7) is -2.90. The van der Waals surface area contributed by atoms with Crippen molar-refractivity contribution < 1.29 is 39.9 Å². The minimum absolute atomic E-state index is 0. The first-order valence-corrected chi connectivity index (χ1v) is 13.4. The number of hydrogen-bond donors (Lipinski definition) is 1. The Morgan fingerprint density at radius 2 is 1.77 bits per heavy atom. The number of aromatic nitrogens is 2. The summed E-state index contributed by atoms with van der Waals surface area (Å²) in [6, 6.07) is 3.07. The molecule has 4 rings (SSSR count). The predicted molar refractivity (Wildman–Crippen MR) is 132 cm³/mol. The molecule has 1 saturated carbocycles. The summed E-state index contributed by atoms with van der Waals surface area (Å²) in [7, 11) is -2.20. The molecule has 0 atom stereocenters. The molecule has 0 spiro atoms. The molecule has 1 aromatic carbocycles. The second-order valence-electron chi connectivity index (χ2n) is 9.52. The Kier molecular flexibility index (Phi) is 9.51. The largest absolute Gasteiger partial charge is 0.434 e. The summed E-state index contributed by atoms with van der Waals surface area (Å²) in [6.07, 6.45) is 1.84. The van der Waals surface area contributed by atoms with Gasteiger partial charge >= 0.3 is 6.61 Å². The number of amides is 1. The molecule has 2 aromatic rings. The van der Waals surface area contributed by atoms with Gasteiger partial charge in [-0.15, -0.1) is 12.4 Å². The quantitative estimate of drug-likeness (QED) is 0.467. The van der Waals surface area contributed by atoms with Gasteiger partial charge in [-0.3, -0.25) is 9.69 Å². The van der Waals surface area contributed by atoms with Crippen molar-refractivity contribution in [3.63, 3.8) is 0 Å². The van der Waals surface area contributed by atoms with Crippen LogP contribution in [-0.2, 0) is 17.1 Å². The number of ether oxygens (including phenoxy) is 1. The molecule has 0 unspecified atom stereocenters. The van der Waals surface area contributed by atoms with Gasteiger partial charge in [0.1, 0.15) is 17.1 Å². The van der Waals surface area contributed by atoms with Gasteiger partial charge in [0, 0.05) is 64.3 Å². The van der Waals surface area contributed by atoms with Crippen LogP contribution in [0.2, 0.25) is 0 Å². The van der Waals surface area contributed by atoms with Gasteiger partial charge in [-0.1, -0.05) is 6.07 Å². The number of carbonyl (C=O) groups is 1. The van der Waals surface area contributed by atoms with Crippen molar-refractivity contribution in [1.82, 2.24) is 24.1 Å². The third kappa shape index (κ3) is 6.81. The van der Waals surface area contributed by atoms with Crippen molar-refractivity contribution in [1.29, 1.82) is 0 Å². The summed E-state index contributed by atoms with van der Waals surface area (Å²) < 4.78 is 101. The fourth-order valence-electron chi connectivity index (χ4n) is 5.00. The highest BCUT2D eigenvalue weighted by atomic mass is 35.5. The molecule has 2 fully saturated rings. The zero-order valence-corrected chi connectivity index (χ0v) is 22.6. The van der Waals surface area contributed by atoms with E-state index in [2.05, 4.69) is 15.0 Å². The van der Waals surface area contributed by atoms with Gasteiger partial charge in [-0.25, -0.2) is 26.6 Å². The summed E-state index contributed by atoms with van der Waals surface area (Å²) in [4.78, 5) is 18.6. The number of alkyl halides is 4. The van der Waals surface area contributed by atoms with Gasteiger partial charge < -0.3 is 14.6 Å². The number of piperazine rings is 1. The number of nitrogens with one attached hydrogen (secondary N) is 1. The summed E-state index contributed by atoms with van der Waals surface area (Å²) in [5.74, 6) is -5.62. The van der Waals surface area contributed by atoms with Crippen LogP contribution in [0.4, 0.5) is 22.0 Å². The normalized spacial score (nSPS) is 19.9. The van der Waals surface area contributed by atoms with Gasteiger partial charge in [-0.05, 0) is 25.0 Å². The van der Waals surface area contributed by atoms with Crippen LogP contribution in [0.15, 0.2) is 35.7 Å². The topological polar surface area (TPSA) is 96.8 Å². The smallest absolute Gasteiger partial charge is 0.387 e. The monoisotopic (exact) mass is 601 g/mol. The fourth-order valence-corrected chi connectivity index (χ4v) is 6.38. The van der Waals surface area contributed by atoms with E-state index in [0.717, 1.165) is 18.2 Å². The average molecular weight is 602 g/mol. The van der Waals surface area contributed by atoms with Crippen LogP contribution in [0.1, 0.15) is 36.0 Å². The number of aryl methyl sites for hydroxylation is 1. The Labute approximate surface area is 228 Å². The van der Waals surface area contributed by atoms with Crippen LogP contribution in [0, 0.1) is 5.82 Å². The molecule has 16 heteroatoms. The van der Waals surface area contributed by atoms with Gasteiger partial charge in [0.25, 0.3) is 15.9 Å². The van der Waals surface area contributed by atoms with E-state index < -0.39 is 64.0 Å². The maximum atomic E-state index is 14.4. The Morgan fingerprint density at radius 1 is 1.13 bits per heavy atom. The summed E-state index contributed by atoms with van der Waals surface area (Å²) in [5, 5.41) is 2.43.